The highest BCUT2D eigenvalue weighted by Gasteiger charge is 2.29. The molecule has 1 atom stereocenters. The van der Waals surface area contributed by atoms with E-state index in [4.69, 9.17) is 0 Å². The molecule has 2 aromatic carbocycles. The molecule has 2 rings (SSSR count). The van der Waals surface area contributed by atoms with Crippen LogP contribution in [0.15, 0.2) is 48.5 Å². The molecule has 0 fully saturated rings. The van der Waals surface area contributed by atoms with Gasteiger partial charge < -0.3 is 10.4 Å². The van der Waals surface area contributed by atoms with E-state index in [0.717, 1.165) is 28.8 Å². The van der Waals surface area contributed by atoms with Crippen LogP contribution in [0.5, 0.6) is 0 Å². The first-order chi connectivity index (χ1) is 12.4. The second-order valence-electron chi connectivity index (χ2n) is 6.49. The average molecular weight is 354 g/mol. The van der Waals surface area contributed by atoms with Crippen LogP contribution < -0.4 is 5.32 Å². The topological polar surface area (TPSA) is 69.6 Å². The van der Waals surface area contributed by atoms with Crippen LogP contribution in [0.25, 0.3) is 0 Å². The summed E-state index contributed by atoms with van der Waals surface area (Å²) in [6.07, 6.45) is 0.757. The van der Waals surface area contributed by atoms with E-state index in [2.05, 4.69) is 5.32 Å². The van der Waals surface area contributed by atoms with Gasteiger partial charge in [-0.3, -0.25) is 14.5 Å². The third-order valence-electron chi connectivity index (χ3n) is 4.23. The number of amides is 1. The summed E-state index contributed by atoms with van der Waals surface area (Å²) in [6.45, 7) is 6.21. The van der Waals surface area contributed by atoms with Crippen molar-refractivity contribution in [2.75, 3.05) is 18.4 Å². The van der Waals surface area contributed by atoms with Crippen molar-refractivity contribution >= 4 is 17.6 Å². The number of rotatable bonds is 8. The fourth-order valence-electron chi connectivity index (χ4n) is 3.00. The van der Waals surface area contributed by atoms with Gasteiger partial charge in [-0.2, -0.15) is 0 Å². The molecule has 0 aromatic heterocycles. The van der Waals surface area contributed by atoms with Crippen molar-refractivity contribution in [3.8, 4) is 0 Å². The molecular weight excluding hydrogens is 328 g/mol. The molecule has 1 amide bonds. The van der Waals surface area contributed by atoms with Gasteiger partial charge in [0.15, 0.2) is 0 Å². The lowest BCUT2D eigenvalue weighted by Gasteiger charge is -2.29. The number of benzene rings is 2. The first-order valence-electron chi connectivity index (χ1n) is 8.81. The van der Waals surface area contributed by atoms with Gasteiger partial charge in [0, 0.05) is 5.69 Å². The summed E-state index contributed by atoms with van der Waals surface area (Å²) < 4.78 is 0. The maximum absolute atomic E-state index is 13.1. The zero-order valence-corrected chi connectivity index (χ0v) is 15.5. The normalized spacial score (nSPS) is 12.0. The van der Waals surface area contributed by atoms with Gasteiger partial charge in [-0.25, -0.2) is 0 Å². The fourth-order valence-corrected chi connectivity index (χ4v) is 3.00. The molecule has 0 spiro atoms. The van der Waals surface area contributed by atoms with Crippen molar-refractivity contribution in [1.82, 2.24) is 4.90 Å². The van der Waals surface area contributed by atoms with Gasteiger partial charge in [-0.15, -0.1) is 0 Å². The second-order valence-corrected chi connectivity index (χ2v) is 6.49. The molecule has 5 nitrogen and oxygen atoms in total. The fraction of sp³-hybridized carbons (Fsp3) is 0.333. The molecule has 0 radical (unpaired) electrons. The first-order valence-corrected chi connectivity index (χ1v) is 8.81. The van der Waals surface area contributed by atoms with E-state index in [-0.39, 0.29) is 12.5 Å². The van der Waals surface area contributed by atoms with E-state index in [1.54, 1.807) is 4.90 Å². The van der Waals surface area contributed by atoms with Crippen LogP contribution in [-0.2, 0) is 9.59 Å². The highest BCUT2D eigenvalue weighted by Crippen LogP contribution is 2.25. The summed E-state index contributed by atoms with van der Waals surface area (Å²) in [7, 11) is 0. The molecule has 2 N–H and O–H groups in total. The summed E-state index contributed by atoms with van der Waals surface area (Å²) in [5, 5.41) is 12.3. The van der Waals surface area contributed by atoms with Crippen LogP contribution in [-0.4, -0.2) is 35.0 Å². The molecule has 0 saturated carbocycles. The Balaban J connectivity index is 2.37. The summed E-state index contributed by atoms with van der Waals surface area (Å²) in [4.78, 5) is 26.2. The highest BCUT2D eigenvalue weighted by molar-refractivity contribution is 5.96. The Morgan fingerprint density at radius 1 is 1.12 bits per heavy atom. The third kappa shape index (κ3) is 5.17. The highest BCUT2D eigenvalue weighted by atomic mass is 16.4. The number of carboxylic acid groups (broad SMARTS) is 1. The number of nitrogens with zero attached hydrogens (tertiary/aromatic N) is 1. The summed E-state index contributed by atoms with van der Waals surface area (Å²) in [6, 6.07) is 14.5. The molecule has 138 valence electrons. The third-order valence-corrected chi connectivity index (χ3v) is 4.23. The predicted octanol–water partition coefficient (Wildman–Crippen LogP) is 3.78. The number of carbonyl (C=O) groups excluding carboxylic acids is 1. The molecule has 0 aliphatic heterocycles. The number of aliphatic carboxylic acids is 1. The quantitative estimate of drug-likeness (QED) is 0.757. The van der Waals surface area contributed by atoms with Crippen molar-refractivity contribution in [2.24, 2.45) is 0 Å². The van der Waals surface area contributed by atoms with Crippen molar-refractivity contribution in [3.63, 3.8) is 0 Å². The Hall–Kier alpha value is -2.66. The monoisotopic (exact) mass is 354 g/mol. The number of carbonyl (C=O) groups is 2. The van der Waals surface area contributed by atoms with Crippen molar-refractivity contribution < 1.29 is 14.7 Å². The van der Waals surface area contributed by atoms with Gasteiger partial charge in [-0.05, 0) is 49.6 Å². The number of nitrogens with one attached hydrogen (secondary N) is 1. The Labute approximate surface area is 154 Å². The number of hydrogen-bond donors (Lipinski definition) is 2. The molecule has 26 heavy (non-hydrogen) atoms. The van der Waals surface area contributed by atoms with E-state index in [1.807, 2.05) is 69.3 Å². The first kappa shape index (κ1) is 19.7. The SMILES string of the molecule is CCCN(CC(=O)O)C(C(=O)Nc1cc(C)ccc1C)c1ccccc1. The lowest BCUT2D eigenvalue weighted by atomic mass is 10.0. The van der Waals surface area contributed by atoms with E-state index >= 15 is 0 Å². The zero-order valence-electron chi connectivity index (χ0n) is 15.5. The minimum Gasteiger partial charge on any atom is -0.480 e. The lowest BCUT2D eigenvalue weighted by Crippen LogP contribution is -2.40. The van der Waals surface area contributed by atoms with E-state index in [9.17, 15) is 14.7 Å². The molecular formula is C21H26N2O3. The minimum atomic E-state index is -0.945. The molecule has 2 aromatic rings. The zero-order chi connectivity index (χ0) is 19.1. The number of hydrogen-bond acceptors (Lipinski definition) is 3. The van der Waals surface area contributed by atoms with Gasteiger partial charge in [0.25, 0.3) is 0 Å². The van der Waals surface area contributed by atoms with Gasteiger partial charge in [0.2, 0.25) is 5.91 Å². The van der Waals surface area contributed by atoms with Gasteiger partial charge in [-0.1, -0.05) is 49.4 Å². The van der Waals surface area contributed by atoms with Gasteiger partial charge >= 0.3 is 5.97 Å². The van der Waals surface area contributed by atoms with E-state index in [0.29, 0.717) is 6.54 Å². The van der Waals surface area contributed by atoms with E-state index < -0.39 is 12.0 Å². The van der Waals surface area contributed by atoms with Crippen molar-refractivity contribution in [1.29, 1.82) is 0 Å². The van der Waals surface area contributed by atoms with Crippen molar-refractivity contribution in [2.45, 2.75) is 33.2 Å². The van der Waals surface area contributed by atoms with Crippen LogP contribution in [0.1, 0.15) is 36.1 Å². The van der Waals surface area contributed by atoms with Crippen LogP contribution in [0, 0.1) is 13.8 Å². The minimum absolute atomic E-state index is 0.187. The Morgan fingerprint density at radius 2 is 1.81 bits per heavy atom. The molecule has 1 unspecified atom stereocenters. The molecule has 5 heteroatoms. The standard InChI is InChI=1S/C21H26N2O3/c1-4-12-23(14-19(24)25)20(17-8-6-5-7-9-17)21(26)22-18-13-15(2)10-11-16(18)3/h5-11,13,20H,4,12,14H2,1-3H3,(H,22,26)(H,24,25). The van der Waals surface area contributed by atoms with Crippen LogP contribution in [0.2, 0.25) is 0 Å². The summed E-state index contributed by atoms with van der Waals surface area (Å²) >= 11 is 0. The van der Waals surface area contributed by atoms with E-state index in [1.165, 1.54) is 0 Å². The number of anilines is 1. The molecule has 0 aliphatic carbocycles. The maximum atomic E-state index is 13.1. The maximum Gasteiger partial charge on any atom is 0.317 e. The Kier molecular flexibility index (Phi) is 6.92. The molecule has 0 bridgehead atoms. The van der Waals surface area contributed by atoms with Crippen LogP contribution in [0.3, 0.4) is 0 Å². The number of aryl methyl sites for hydroxylation is 2. The average Bonchev–Trinajstić information content (AvgIpc) is 2.59. The van der Waals surface area contributed by atoms with Crippen LogP contribution in [0.4, 0.5) is 5.69 Å². The Bertz CT molecular complexity index is 759. The van der Waals surface area contributed by atoms with Gasteiger partial charge in [0.05, 0.1) is 6.54 Å². The van der Waals surface area contributed by atoms with Gasteiger partial charge in [0.1, 0.15) is 6.04 Å². The summed E-state index contributed by atoms with van der Waals surface area (Å²) in [5.41, 5.74) is 3.56. The largest absolute Gasteiger partial charge is 0.480 e. The predicted molar refractivity (Wildman–Crippen MR) is 103 cm³/mol. The molecule has 0 aliphatic rings. The Morgan fingerprint density at radius 3 is 2.42 bits per heavy atom. The van der Waals surface area contributed by atoms with Crippen molar-refractivity contribution in [3.05, 3.63) is 65.2 Å². The van der Waals surface area contributed by atoms with Crippen LogP contribution >= 0.6 is 0 Å². The lowest BCUT2D eigenvalue weighted by molar-refractivity contribution is -0.139. The number of carboxylic acids is 1. The second kappa shape index (κ2) is 9.15. The smallest absolute Gasteiger partial charge is 0.317 e. The summed E-state index contributed by atoms with van der Waals surface area (Å²) in [5.74, 6) is -1.17. The molecule has 0 saturated heterocycles. The molecule has 0 heterocycles.